The van der Waals surface area contributed by atoms with Gasteiger partial charge in [0.25, 0.3) is 0 Å². The number of aryl methyl sites for hydroxylation is 2. The standard InChI is InChI=1S/C17H21N5OS/c1-11-7-6-8-13(9-11)22-12(2)19-20-16(22)24-10-14-18-15(23-21-14)17(3,4)5/h6-9H,10H2,1-5H3. The average molecular weight is 343 g/mol. The van der Waals surface area contributed by atoms with Crippen molar-refractivity contribution in [2.45, 2.75) is 50.9 Å². The summed E-state index contributed by atoms with van der Waals surface area (Å²) in [5.41, 5.74) is 2.11. The zero-order valence-electron chi connectivity index (χ0n) is 14.6. The third-order valence-corrected chi connectivity index (χ3v) is 4.42. The molecule has 0 N–H and O–H groups in total. The fourth-order valence-electron chi connectivity index (χ4n) is 2.25. The van der Waals surface area contributed by atoms with E-state index >= 15 is 0 Å². The van der Waals surface area contributed by atoms with Crippen LogP contribution in [-0.2, 0) is 11.2 Å². The highest BCUT2D eigenvalue weighted by atomic mass is 32.2. The van der Waals surface area contributed by atoms with Gasteiger partial charge < -0.3 is 4.52 Å². The van der Waals surface area contributed by atoms with Crippen molar-refractivity contribution in [1.29, 1.82) is 0 Å². The van der Waals surface area contributed by atoms with E-state index in [1.165, 1.54) is 5.56 Å². The van der Waals surface area contributed by atoms with Gasteiger partial charge in [0.2, 0.25) is 5.89 Å². The second-order valence-corrected chi connectivity index (χ2v) is 7.70. The maximum absolute atomic E-state index is 5.34. The number of aromatic nitrogens is 5. The second kappa shape index (κ2) is 6.39. The van der Waals surface area contributed by atoms with Crippen LogP contribution >= 0.6 is 11.8 Å². The molecule has 0 bridgehead atoms. The Kier molecular flexibility index (Phi) is 4.45. The third kappa shape index (κ3) is 3.51. The molecule has 0 unspecified atom stereocenters. The average Bonchev–Trinajstić information content (AvgIpc) is 3.11. The van der Waals surface area contributed by atoms with E-state index in [1.807, 2.05) is 17.6 Å². The maximum atomic E-state index is 5.34. The van der Waals surface area contributed by atoms with Crippen LogP contribution in [0.4, 0.5) is 0 Å². The Morgan fingerprint density at radius 2 is 1.96 bits per heavy atom. The number of thioether (sulfide) groups is 1. The van der Waals surface area contributed by atoms with Crippen LogP contribution < -0.4 is 0 Å². The van der Waals surface area contributed by atoms with E-state index in [0.29, 0.717) is 17.5 Å². The number of hydrogen-bond donors (Lipinski definition) is 0. The van der Waals surface area contributed by atoms with Crippen LogP contribution in [0.15, 0.2) is 33.9 Å². The molecule has 2 aromatic heterocycles. The Morgan fingerprint density at radius 3 is 2.62 bits per heavy atom. The number of hydrogen-bond acceptors (Lipinski definition) is 6. The lowest BCUT2D eigenvalue weighted by Crippen LogP contribution is -2.11. The van der Waals surface area contributed by atoms with Gasteiger partial charge in [-0.25, -0.2) is 0 Å². The van der Waals surface area contributed by atoms with Gasteiger partial charge in [-0.15, -0.1) is 10.2 Å². The van der Waals surface area contributed by atoms with Gasteiger partial charge in [0.1, 0.15) is 5.82 Å². The fourth-order valence-corrected chi connectivity index (χ4v) is 3.09. The molecule has 0 saturated heterocycles. The molecule has 0 fully saturated rings. The normalized spacial score (nSPS) is 11.9. The Morgan fingerprint density at radius 1 is 1.17 bits per heavy atom. The minimum Gasteiger partial charge on any atom is -0.339 e. The second-order valence-electron chi connectivity index (χ2n) is 6.76. The van der Waals surface area contributed by atoms with Gasteiger partial charge in [-0.2, -0.15) is 4.98 Å². The molecule has 3 rings (SSSR count). The maximum Gasteiger partial charge on any atom is 0.232 e. The first kappa shape index (κ1) is 16.7. The highest BCUT2D eigenvalue weighted by Gasteiger charge is 2.22. The molecule has 3 aromatic rings. The minimum atomic E-state index is -0.145. The monoisotopic (exact) mass is 343 g/mol. The van der Waals surface area contributed by atoms with Crippen molar-refractivity contribution in [3.8, 4) is 5.69 Å². The molecule has 0 amide bonds. The largest absolute Gasteiger partial charge is 0.339 e. The van der Waals surface area contributed by atoms with Crippen LogP contribution in [0.25, 0.3) is 5.69 Å². The molecular weight excluding hydrogens is 322 g/mol. The van der Waals surface area contributed by atoms with Crippen molar-refractivity contribution >= 4 is 11.8 Å². The molecule has 2 heterocycles. The number of nitrogens with zero attached hydrogens (tertiary/aromatic N) is 5. The van der Waals surface area contributed by atoms with Gasteiger partial charge in [-0.3, -0.25) is 4.57 Å². The van der Waals surface area contributed by atoms with Crippen molar-refractivity contribution in [3.05, 3.63) is 47.4 Å². The van der Waals surface area contributed by atoms with Gasteiger partial charge in [0.15, 0.2) is 11.0 Å². The van der Waals surface area contributed by atoms with E-state index in [-0.39, 0.29) is 5.41 Å². The smallest absolute Gasteiger partial charge is 0.232 e. The molecule has 0 aliphatic carbocycles. The van der Waals surface area contributed by atoms with Gasteiger partial charge in [-0.05, 0) is 31.5 Å². The predicted molar refractivity (Wildman–Crippen MR) is 93.4 cm³/mol. The number of benzene rings is 1. The van der Waals surface area contributed by atoms with Crippen LogP contribution in [0.2, 0.25) is 0 Å². The van der Waals surface area contributed by atoms with Crippen molar-refractivity contribution in [3.63, 3.8) is 0 Å². The van der Waals surface area contributed by atoms with E-state index in [0.717, 1.165) is 16.7 Å². The minimum absolute atomic E-state index is 0.145. The lowest BCUT2D eigenvalue weighted by Gasteiger charge is -2.10. The summed E-state index contributed by atoms with van der Waals surface area (Å²) in [7, 11) is 0. The summed E-state index contributed by atoms with van der Waals surface area (Å²) < 4.78 is 7.38. The summed E-state index contributed by atoms with van der Waals surface area (Å²) in [5.74, 6) is 2.76. The van der Waals surface area contributed by atoms with E-state index in [9.17, 15) is 0 Å². The number of rotatable bonds is 4. The third-order valence-electron chi connectivity index (χ3n) is 3.50. The molecule has 0 spiro atoms. The molecule has 1 aromatic carbocycles. The van der Waals surface area contributed by atoms with Crippen molar-refractivity contribution in [1.82, 2.24) is 24.9 Å². The lowest BCUT2D eigenvalue weighted by molar-refractivity contribution is 0.319. The first-order valence-electron chi connectivity index (χ1n) is 7.79. The molecule has 6 nitrogen and oxygen atoms in total. The topological polar surface area (TPSA) is 69.6 Å². The van der Waals surface area contributed by atoms with E-state index in [1.54, 1.807) is 11.8 Å². The highest BCUT2D eigenvalue weighted by Crippen LogP contribution is 2.26. The zero-order valence-corrected chi connectivity index (χ0v) is 15.4. The Balaban J connectivity index is 1.81. The van der Waals surface area contributed by atoms with Crippen LogP contribution in [0, 0.1) is 13.8 Å². The first-order valence-corrected chi connectivity index (χ1v) is 8.78. The van der Waals surface area contributed by atoms with E-state index < -0.39 is 0 Å². The molecule has 0 aliphatic heterocycles. The Bertz CT molecular complexity index is 847. The van der Waals surface area contributed by atoms with Gasteiger partial charge in [-0.1, -0.05) is 49.8 Å². The van der Waals surface area contributed by atoms with E-state index in [4.69, 9.17) is 4.52 Å². The van der Waals surface area contributed by atoms with Crippen molar-refractivity contribution in [2.75, 3.05) is 0 Å². The summed E-state index contributed by atoms with van der Waals surface area (Å²) in [6.07, 6.45) is 0. The van der Waals surface area contributed by atoms with Crippen LogP contribution in [-0.4, -0.2) is 24.9 Å². The summed E-state index contributed by atoms with van der Waals surface area (Å²) in [5, 5.41) is 13.4. The Labute approximate surface area is 145 Å². The van der Waals surface area contributed by atoms with Gasteiger partial charge in [0, 0.05) is 11.1 Å². The highest BCUT2D eigenvalue weighted by molar-refractivity contribution is 7.98. The SMILES string of the molecule is Cc1cccc(-n2c(C)nnc2SCc2noc(C(C)(C)C)n2)c1. The van der Waals surface area contributed by atoms with Crippen LogP contribution in [0.1, 0.15) is 43.9 Å². The predicted octanol–water partition coefficient (Wildman–Crippen LogP) is 3.86. The summed E-state index contributed by atoms with van der Waals surface area (Å²) in [6, 6.07) is 8.28. The van der Waals surface area contributed by atoms with Crippen molar-refractivity contribution < 1.29 is 4.52 Å². The lowest BCUT2D eigenvalue weighted by atomic mass is 9.97. The summed E-state index contributed by atoms with van der Waals surface area (Å²) in [6.45, 7) is 10.2. The van der Waals surface area contributed by atoms with Crippen molar-refractivity contribution in [2.24, 2.45) is 0 Å². The zero-order chi connectivity index (χ0) is 17.3. The first-order chi connectivity index (χ1) is 11.3. The van der Waals surface area contributed by atoms with Crippen LogP contribution in [0.5, 0.6) is 0 Å². The summed E-state index contributed by atoms with van der Waals surface area (Å²) in [4.78, 5) is 4.46. The van der Waals surface area contributed by atoms with Gasteiger partial charge >= 0.3 is 0 Å². The summed E-state index contributed by atoms with van der Waals surface area (Å²) >= 11 is 1.55. The molecule has 0 saturated carbocycles. The Hall–Kier alpha value is -2.15. The quantitative estimate of drug-likeness (QED) is 0.670. The van der Waals surface area contributed by atoms with Crippen LogP contribution in [0.3, 0.4) is 0 Å². The molecule has 0 radical (unpaired) electrons. The molecule has 0 aliphatic rings. The molecule has 7 heteroatoms. The van der Waals surface area contributed by atoms with Gasteiger partial charge in [0.05, 0.1) is 5.75 Å². The molecule has 24 heavy (non-hydrogen) atoms. The molecular formula is C17H21N5OS. The fraction of sp³-hybridized carbons (Fsp3) is 0.412. The van der Waals surface area contributed by atoms with E-state index in [2.05, 4.69) is 66.2 Å². The molecule has 126 valence electrons. The molecule has 0 atom stereocenters.